The van der Waals surface area contributed by atoms with Gasteiger partial charge in [-0.05, 0) is 31.6 Å². The highest BCUT2D eigenvalue weighted by molar-refractivity contribution is 5.61. The molecule has 0 atom stereocenters. The van der Waals surface area contributed by atoms with Crippen LogP contribution in [0.5, 0.6) is 0 Å². The maximum Gasteiger partial charge on any atom is 0.0658 e. The summed E-state index contributed by atoms with van der Waals surface area (Å²) in [5.74, 6) is 0. The van der Waals surface area contributed by atoms with Crippen molar-refractivity contribution >= 4 is 5.57 Å². The summed E-state index contributed by atoms with van der Waals surface area (Å²) in [6.45, 7) is 8.31. The van der Waals surface area contributed by atoms with Gasteiger partial charge < -0.3 is 0 Å². The van der Waals surface area contributed by atoms with Crippen LogP contribution in [0.15, 0.2) is 42.6 Å². The standard InChI is InChI=1S/C11H13N.C3H8/c1-3-4-7-10(2)11-8-5-6-9-12-11;1-3-2/h3-9H,1-2H3;3H2,1-2H3/b4-3-,10-7+;. The van der Waals surface area contributed by atoms with Gasteiger partial charge in [-0.3, -0.25) is 4.98 Å². The van der Waals surface area contributed by atoms with Crippen LogP contribution >= 0.6 is 0 Å². The van der Waals surface area contributed by atoms with Crippen LogP contribution in [0.25, 0.3) is 5.57 Å². The largest absolute Gasteiger partial charge is 0.257 e. The number of hydrogen-bond acceptors (Lipinski definition) is 1. The van der Waals surface area contributed by atoms with Crippen molar-refractivity contribution in [3.63, 3.8) is 0 Å². The molecule has 0 bridgehead atoms. The molecule has 0 unspecified atom stereocenters. The molecule has 1 heterocycles. The summed E-state index contributed by atoms with van der Waals surface area (Å²) < 4.78 is 0. The second kappa shape index (κ2) is 9.20. The maximum absolute atomic E-state index is 4.23. The fraction of sp³-hybridized carbons (Fsp3) is 0.357. The Balaban J connectivity index is 0.000000583. The first kappa shape index (κ1) is 13.6. The van der Waals surface area contributed by atoms with E-state index in [0.29, 0.717) is 0 Å². The molecule has 0 aliphatic rings. The normalized spacial score (nSPS) is 11.1. The Kier molecular flexibility index (Phi) is 8.36. The molecule has 1 rings (SSSR count). The van der Waals surface area contributed by atoms with Gasteiger partial charge in [-0.2, -0.15) is 0 Å². The number of rotatable bonds is 2. The summed E-state index contributed by atoms with van der Waals surface area (Å²) in [6.07, 6.45) is 9.14. The molecule has 0 radical (unpaired) electrons. The van der Waals surface area contributed by atoms with Gasteiger partial charge in [0.25, 0.3) is 0 Å². The Morgan fingerprint density at radius 1 is 1.33 bits per heavy atom. The molecule has 1 heteroatoms. The molecule has 1 aromatic rings. The van der Waals surface area contributed by atoms with Crippen molar-refractivity contribution < 1.29 is 0 Å². The Hall–Kier alpha value is -1.37. The van der Waals surface area contributed by atoms with E-state index in [1.807, 2.05) is 43.5 Å². The minimum absolute atomic E-state index is 1.04. The molecule has 0 saturated carbocycles. The zero-order valence-corrected chi connectivity index (χ0v) is 10.2. The minimum atomic E-state index is 1.04. The van der Waals surface area contributed by atoms with Crippen LogP contribution in [0.1, 0.15) is 39.8 Å². The van der Waals surface area contributed by atoms with Crippen molar-refractivity contribution in [2.75, 3.05) is 0 Å². The van der Waals surface area contributed by atoms with Crippen LogP contribution in [0.4, 0.5) is 0 Å². The summed E-state index contributed by atoms with van der Waals surface area (Å²) >= 11 is 0. The maximum atomic E-state index is 4.23. The average molecular weight is 203 g/mol. The quantitative estimate of drug-likeness (QED) is 0.646. The third-order valence-corrected chi connectivity index (χ3v) is 1.61. The fourth-order valence-corrected chi connectivity index (χ4v) is 0.922. The highest BCUT2D eigenvalue weighted by Gasteiger charge is 1.91. The number of pyridine rings is 1. The van der Waals surface area contributed by atoms with Crippen LogP contribution in [0, 0.1) is 0 Å². The zero-order chi connectivity index (χ0) is 11.5. The number of aromatic nitrogens is 1. The van der Waals surface area contributed by atoms with Crippen molar-refractivity contribution in [2.24, 2.45) is 0 Å². The lowest BCUT2D eigenvalue weighted by molar-refractivity contribution is 1.09. The fourth-order valence-electron chi connectivity index (χ4n) is 0.922. The van der Waals surface area contributed by atoms with Crippen LogP contribution in [0.2, 0.25) is 0 Å². The molecule has 0 aliphatic heterocycles. The molecule has 0 fully saturated rings. The van der Waals surface area contributed by atoms with Gasteiger partial charge in [-0.25, -0.2) is 0 Å². The second-order valence-corrected chi connectivity index (χ2v) is 3.30. The van der Waals surface area contributed by atoms with Gasteiger partial charge in [-0.15, -0.1) is 0 Å². The predicted octanol–water partition coefficient (Wildman–Crippen LogP) is 4.48. The molecule has 82 valence electrons. The molecule has 0 aromatic carbocycles. The summed E-state index contributed by atoms with van der Waals surface area (Å²) in [7, 11) is 0. The summed E-state index contributed by atoms with van der Waals surface area (Å²) in [5.41, 5.74) is 2.23. The van der Waals surface area contributed by atoms with Gasteiger partial charge in [0.2, 0.25) is 0 Å². The average Bonchev–Trinajstić information content (AvgIpc) is 2.28. The van der Waals surface area contributed by atoms with Crippen LogP contribution in [0.3, 0.4) is 0 Å². The highest BCUT2D eigenvalue weighted by atomic mass is 14.7. The topological polar surface area (TPSA) is 12.9 Å². The van der Waals surface area contributed by atoms with Gasteiger partial charge in [0, 0.05) is 6.20 Å². The van der Waals surface area contributed by atoms with Gasteiger partial charge >= 0.3 is 0 Å². The molecule has 0 saturated heterocycles. The lowest BCUT2D eigenvalue weighted by Gasteiger charge is -1.96. The number of allylic oxidation sites excluding steroid dienone is 4. The lowest BCUT2D eigenvalue weighted by Crippen LogP contribution is -1.82. The van der Waals surface area contributed by atoms with Crippen molar-refractivity contribution in [1.29, 1.82) is 0 Å². The van der Waals surface area contributed by atoms with Gasteiger partial charge in [0.15, 0.2) is 0 Å². The Bertz CT molecular complexity index is 296. The third-order valence-electron chi connectivity index (χ3n) is 1.61. The lowest BCUT2D eigenvalue weighted by atomic mass is 10.2. The van der Waals surface area contributed by atoms with E-state index in [1.54, 1.807) is 0 Å². The first-order valence-electron chi connectivity index (χ1n) is 5.47. The molecule has 0 aliphatic carbocycles. The van der Waals surface area contributed by atoms with Crippen LogP contribution < -0.4 is 0 Å². The van der Waals surface area contributed by atoms with Crippen LogP contribution in [-0.2, 0) is 0 Å². The van der Waals surface area contributed by atoms with Gasteiger partial charge in [-0.1, -0.05) is 44.6 Å². The first-order valence-corrected chi connectivity index (χ1v) is 5.47. The molecule has 1 nitrogen and oxygen atoms in total. The van der Waals surface area contributed by atoms with E-state index in [9.17, 15) is 0 Å². The highest BCUT2D eigenvalue weighted by Crippen LogP contribution is 2.08. The molecule has 15 heavy (non-hydrogen) atoms. The molecule has 0 amide bonds. The van der Waals surface area contributed by atoms with E-state index in [4.69, 9.17) is 0 Å². The molecular formula is C14H21N. The van der Waals surface area contributed by atoms with Crippen molar-refractivity contribution in [2.45, 2.75) is 34.1 Å². The monoisotopic (exact) mass is 203 g/mol. The molecular weight excluding hydrogens is 182 g/mol. The van der Waals surface area contributed by atoms with Crippen LogP contribution in [-0.4, -0.2) is 4.98 Å². The van der Waals surface area contributed by atoms with E-state index < -0.39 is 0 Å². The molecule has 0 spiro atoms. The smallest absolute Gasteiger partial charge is 0.0658 e. The summed E-state index contributed by atoms with van der Waals surface area (Å²) in [5, 5.41) is 0. The minimum Gasteiger partial charge on any atom is -0.257 e. The predicted molar refractivity (Wildman–Crippen MR) is 68.7 cm³/mol. The molecule has 0 N–H and O–H groups in total. The summed E-state index contributed by atoms with van der Waals surface area (Å²) in [6, 6.07) is 5.93. The van der Waals surface area contributed by atoms with Gasteiger partial charge in [0.1, 0.15) is 0 Å². The number of nitrogens with zero attached hydrogens (tertiary/aromatic N) is 1. The Labute approximate surface area is 93.6 Å². The van der Waals surface area contributed by atoms with E-state index >= 15 is 0 Å². The second-order valence-electron chi connectivity index (χ2n) is 3.30. The van der Waals surface area contributed by atoms with E-state index in [1.165, 1.54) is 12.0 Å². The first-order chi connectivity index (χ1) is 7.26. The van der Waals surface area contributed by atoms with Crippen molar-refractivity contribution in [3.8, 4) is 0 Å². The third kappa shape index (κ3) is 6.67. The Morgan fingerprint density at radius 3 is 2.47 bits per heavy atom. The van der Waals surface area contributed by atoms with Crippen molar-refractivity contribution in [3.05, 3.63) is 48.3 Å². The molecule has 1 aromatic heterocycles. The van der Waals surface area contributed by atoms with Gasteiger partial charge in [0.05, 0.1) is 5.69 Å². The number of hydrogen-bond donors (Lipinski definition) is 0. The SMILES string of the molecule is C/C=C\C=C(/C)c1ccccn1.CCC. The summed E-state index contributed by atoms with van der Waals surface area (Å²) in [4.78, 5) is 4.23. The van der Waals surface area contributed by atoms with E-state index in [2.05, 4.69) is 31.8 Å². The zero-order valence-electron chi connectivity index (χ0n) is 10.2. The van der Waals surface area contributed by atoms with Crippen molar-refractivity contribution in [1.82, 2.24) is 4.98 Å². The van der Waals surface area contributed by atoms with E-state index in [0.717, 1.165) is 5.69 Å². The Morgan fingerprint density at radius 2 is 2.00 bits per heavy atom. The van der Waals surface area contributed by atoms with E-state index in [-0.39, 0.29) is 0 Å².